The Hall–Kier alpha value is -1.82. The standard InChI is InChI=1S/C9H9ClFN3O2/c1-16-8-6(10)3-2-5(7(8)11)4-13-14-9(12)15/h2-4H,1H3,(H3,12,14,15). The van der Waals surface area contributed by atoms with E-state index >= 15 is 0 Å². The molecule has 0 radical (unpaired) electrons. The third-order valence-corrected chi connectivity index (χ3v) is 1.96. The summed E-state index contributed by atoms with van der Waals surface area (Å²) in [5, 5.41) is 3.57. The summed E-state index contributed by atoms with van der Waals surface area (Å²) in [4.78, 5) is 10.3. The number of amides is 2. The van der Waals surface area contributed by atoms with Crippen LogP contribution in [0.25, 0.3) is 0 Å². The Morgan fingerprint density at radius 3 is 2.94 bits per heavy atom. The van der Waals surface area contributed by atoms with Crippen molar-refractivity contribution >= 4 is 23.8 Å². The van der Waals surface area contributed by atoms with Crippen LogP contribution < -0.4 is 15.9 Å². The second-order valence-corrected chi connectivity index (χ2v) is 3.13. The summed E-state index contributed by atoms with van der Waals surface area (Å²) in [5.41, 5.74) is 6.83. The van der Waals surface area contributed by atoms with Gasteiger partial charge in [-0.05, 0) is 12.1 Å². The van der Waals surface area contributed by atoms with Crippen LogP contribution in [0.2, 0.25) is 5.02 Å². The zero-order valence-corrected chi connectivity index (χ0v) is 9.08. The van der Waals surface area contributed by atoms with Gasteiger partial charge in [-0.2, -0.15) is 5.10 Å². The molecule has 0 bridgehead atoms. The monoisotopic (exact) mass is 245 g/mol. The van der Waals surface area contributed by atoms with Gasteiger partial charge in [-0.1, -0.05) is 11.6 Å². The molecule has 1 rings (SSSR count). The predicted octanol–water partition coefficient (Wildman–Crippen LogP) is 1.49. The zero-order chi connectivity index (χ0) is 12.1. The molecule has 0 saturated heterocycles. The first-order valence-electron chi connectivity index (χ1n) is 4.16. The minimum atomic E-state index is -0.836. The van der Waals surface area contributed by atoms with Crippen LogP contribution in [0.4, 0.5) is 9.18 Å². The fourth-order valence-electron chi connectivity index (χ4n) is 1.000. The summed E-state index contributed by atoms with van der Waals surface area (Å²) < 4.78 is 18.4. The number of primary amides is 1. The van der Waals surface area contributed by atoms with E-state index in [0.717, 1.165) is 6.21 Å². The lowest BCUT2D eigenvalue weighted by molar-refractivity contribution is 0.249. The number of methoxy groups -OCH3 is 1. The minimum absolute atomic E-state index is 0.0790. The maximum absolute atomic E-state index is 13.6. The first kappa shape index (κ1) is 12.3. The molecule has 0 atom stereocenters. The number of urea groups is 1. The molecule has 7 heteroatoms. The highest BCUT2D eigenvalue weighted by Crippen LogP contribution is 2.28. The van der Waals surface area contributed by atoms with Gasteiger partial charge in [-0.25, -0.2) is 14.6 Å². The van der Waals surface area contributed by atoms with Crippen molar-refractivity contribution in [3.05, 3.63) is 28.5 Å². The van der Waals surface area contributed by atoms with E-state index in [2.05, 4.69) is 5.10 Å². The van der Waals surface area contributed by atoms with E-state index in [1.54, 1.807) is 0 Å². The summed E-state index contributed by atoms with van der Waals surface area (Å²) in [5.74, 6) is -0.741. The summed E-state index contributed by atoms with van der Waals surface area (Å²) in [6.45, 7) is 0. The quantitative estimate of drug-likeness (QED) is 0.625. The summed E-state index contributed by atoms with van der Waals surface area (Å²) in [7, 11) is 1.30. The predicted molar refractivity (Wildman–Crippen MR) is 58.3 cm³/mol. The number of halogens is 2. The molecule has 2 amide bonds. The van der Waals surface area contributed by atoms with Gasteiger partial charge in [0, 0.05) is 5.56 Å². The zero-order valence-electron chi connectivity index (χ0n) is 8.33. The van der Waals surface area contributed by atoms with Gasteiger partial charge in [-0.15, -0.1) is 0 Å². The van der Waals surface area contributed by atoms with Crippen LogP contribution in [-0.4, -0.2) is 19.4 Å². The maximum atomic E-state index is 13.6. The summed E-state index contributed by atoms with van der Waals surface area (Å²) >= 11 is 5.69. The van der Waals surface area contributed by atoms with E-state index in [0.29, 0.717) is 0 Å². The van der Waals surface area contributed by atoms with E-state index in [9.17, 15) is 9.18 Å². The molecule has 5 nitrogen and oxygen atoms in total. The number of nitrogens with one attached hydrogen (secondary N) is 1. The fourth-order valence-corrected chi connectivity index (χ4v) is 1.22. The SMILES string of the molecule is COc1c(Cl)ccc(C=NNC(N)=O)c1F. The highest BCUT2D eigenvalue weighted by atomic mass is 35.5. The maximum Gasteiger partial charge on any atom is 0.332 e. The topological polar surface area (TPSA) is 76.7 Å². The van der Waals surface area contributed by atoms with Crippen molar-refractivity contribution in [1.82, 2.24) is 5.43 Å². The molecule has 0 saturated carbocycles. The van der Waals surface area contributed by atoms with Crippen LogP contribution in [0.15, 0.2) is 17.2 Å². The molecule has 0 unspecified atom stereocenters. The Morgan fingerprint density at radius 2 is 2.38 bits per heavy atom. The van der Waals surface area contributed by atoms with Crippen LogP contribution in [0, 0.1) is 5.82 Å². The average molecular weight is 246 g/mol. The first-order valence-corrected chi connectivity index (χ1v) is 4.54. The molecule has 0 aliphatic rings. The smallest absolute Gasteiger partial charge is 0.332 e. The number of rotatable bonds is 3. The largest absolute Gasteiger partial charge is 0.492 e. The third-order valence-electron chi connectivity index (χ3n) is 1.66. The second kappa shape index (κ2) is 5.32. The Kier molecular flexibility index (Phi) is 4.07. The fraction of sp³-hybridized carbons (Fsp3) is 0.111. The van der Waals surface area contributed by atoms with Crippen molar-refractivity contribution < 1.29 is 13.9 Å². The second-order valence-electron chi connectivity index (χ2n) is 2.72. The van der Waals surface area contributed by atoms with Crippen LogP contribution in [0.1, 0.15) is 5.56 Å². The number of ether oxygens (including phenoxy) is 1. The number of hydrogen-bond acceptors (Lipinski definition) is 3. The molecule has 0 aromatic heterocycles. The molecule has 3 N–H and O–H groups in total. The molecular formula is C9H9ClFN3O2. The molecule has 0 spiro atoms. The average Bonchev–Trinajstić information content (AvgIpc) is 2.22. The van der Waals surface area contributed by atoms with Gasteiger partial charge < -0.3 is 10.5 Å². The van der Waals surface area contributed by atoms with Crippen molar-refractivity contribution in [3.63, 3.8) is 0 Å². The van der Waals surface area contributed by atoms with Crippen molar-refractivity contribution in [2.75, 3.05) is 7.11 Å². The van der Waals surface area contributed by atoms with E-state index < -0.39 is 11.8 Å². The lowest BCUT2D eigenvalue weighted by Gasteiger charge is -2.05. The first-order chi connectivity index (χ1) is 7.56. The summed E-state index contributed by atoms with van der Waals surface area (Å²) in [6.07, 6.45) is 1.10. The van der Waals surface area contributed by atoms with E-state index in [4.69, 9.17) is 22.1 Å². The Labute approximate surface area is 96.0 Å². The molecule has 0 fully saturated rings. The van der Waals surface area contributed by atoms with Gasteiger partial charge in [0.2, 0.25) is 0 Å². The molecule has 0 aliphatic carbocycles. The van der Waals surface area contributed by atoms with Gasteiger partial charge in [0.05, 0.1) is 18.3 Å². The number of carbonyl (C=O) groups is 1. The Bertz CT molecular complexity index is 437. The van der Waals surface area contributed by atoms with Crippen LogP contribution in [0.3, 0.4) is 0 Å². The van der Waals surface area contributed by atoms with Crippen molar-refractivity contribution in [2.24, 2.45) is 10.8 Å². The lowest BCUT2D eigenvalue weighted by atomic mass is 10.2. The molecular weight excluding hydrogens is 237 g/mol. The van der Waals surface area contributed by atoms with Gasteiger partial charge in [0.25, 0.3) is 0 Å². The third kappa shape index (κ3) is 2.83. The van der Waals surface area contributed by atoms with Crippen LogP contribution >= 0.6 is 11.6 Å². The number of carbonyl (C=O) groups excluding carboxylic acids is 1. The number of hydrogen-bond donors (Lipinski definition) is 2. The highest BCUT2D eigenvalue weighted by molar-refractivity contribution is 6.32. The molecule has 86 valence electrons. The lowest BCUT2D eigenvalue weighted by Crippen LogP contribution is -2.24. The van der Waals surface area contributed by atoms with Crippen LogP contribution in [0.5, 0.6) is 5.75 Å². The van der Waals surface area contributed by atoms with Gasteiger partial charge in [-0.3, -0.25) is 0 Å². The normalized spacial score (nSPS) is 10.4. The molecule has 0 heterocycles. The van der Waals surface area contributed by atoms with Crippen molar-refractivity contribution in [3.8, 4) is 5.75 Å². The minimum Gasteiger partial charge on any atom is -0.492 e. The van der Waals surface area contributed by atoms with Crippen molar-refractivity contribution in [1.29, 1.82) is 0 Å². The van der Waals surface area contributed by atoms with Gasteiger partial charge in [0.15, 0.2) is 11.6 Å². The number of benzene rings is 1. The van der Waals surface area contributed by atoms with Gasteiger partial charge in [0.1, 0.15) is 0 Å². The van der Waals surface area contributed by atoms with Crippen molar-refractivity contribution in [2.45, 2.75) is 0 Å². The summed E-state index contributed by atoms with van der Waals surface area (Å²) in [6, 6.07) is 2.01. The highest BCUT2D eigenvalue weighted by Gasteiger charge is 2.11. The Balaban J connectivity index is 2.98. The van der Waals surface area contributed by atoms with E-state index in [-0.39, 0.29) is 16.3 Å². The molecule has 1 aromatic carbocycles. The van der Waals surface area contributed by atoms with E-state index in [1.807, 2.05) is 5.43 Å². The number of hydrazone groups is 1. The molecule has 16 heavy (non-hydrogen) atoms. The van der Waals surface area contributed by atoms with Crippen LogP contribution in [-0.2, 0) is 0 Å². The molecule has 1 aromatic rings. The van der Waals surface area contributed by atoms with E-state index in [1.165, 1.54) is 19.2 Å². The van der Waals surface area contributed by atoms with Gasteiger partial charge >= 0.3 is 6.03 Å². The molecule has 0 aliphatic heterocycles. The Morgan fingerprint density at radius 1 is 1.69 bits per heavy atom. The number of nitrogens with two attached hydrogens (primary N) is 1. The number of nitrogens with zero attached hydrogens (tertiary/aromatic N) is 1.